The van der Waals surface area contributed by atoms with E-state index in [1.54, 1.807) is 17.0 Å². The highest BCUT2D eigenvalue weighted by atomic mass is 16.2. The van der Waals surface area contributed by atoms with Crippen LogP contribution in [0.1, 0.15) is 24.8 Å². The third-order valence-electron chi connectivity index (χ3n) is 4.31. The molecule has 0 spiro atoms. The van der Waals surface area contributed by atoms with Gasteiger partial charge in [-0.1, -0.05) is 0 Å². The second-order valence-electron chi connectivity index (χ2n) is 5.48. The van der Waals surface area contributed by atoms with Crippen LogP contribution in [-0.4, -0.2) is 13.0 Å². The van der Waals surface area contributed by atoms with Crippen LogP contribution in [0, 0.1) is 29.1 Å². The van der Waals surface area contributed by atoms with Crippen LogP contribution in [0.5, 0.6) is 0 Å². The fraction of sp³-hybridized carbons (Fsp3) is 0.467. The van der Waals surface area contributed by atoms with E-state index in [9.17, 15) is 4.79 Å². The molecule has 3 nitrogen and oxygen atoms in total. The first kappa shape index (κ1) is 11.3. The molecular weight excluding hydrogens is 224 g/mol. The molecule has 0 aromatic heterocycles. The van der Waals surface area contributed by atoms with E-state index in [4.69, 9.17) is 5.26 Å². The van der Waals surface area contributed by atoms with E-state index in [-0.39, 0.29) is 11.8 Å². The number of hydrogen-bond acceptors (Lipinski definition) is 2. The minimum atomic E-state index is 0.217. The Bertz CT molecular complexity index is 504. The number of carbonyl (C=O) groups is 1. The molecule has 0 heterocycles. The van der Waals surface area contributed by atoms with Crippen LogP contribution in [0.3, 0.4) is 0 Å². The van der Waals surface area contributed by atoms with E-state index in [1.165, 1.54) is 6.42 Å². The average molecular weight is 240 g/mol. The SMILES string of the molecule is CN(C(=O)C1CC2CC2C1)c1ccc(C#N)cc1. The molecule has 2 aliphatic rings. The number of nitriles is 1. The molecule has 0 saturated heterocycles. The van der Waals surface area contributed by atoms with Crippen LogP contribution in [0.4, 0.5) is 5.69 Å². The molecule has 0 N–H and O–H groups in total. The molecule has 0 aliphatic heterocycles. The number of benzene rings is 1. The molecule has 2 saturated carbocycles. The zero-order chi connectivity index (χ0) is 12.7. The summed E-state index contributed by atoms with van der Waals surface area (Å²) in [5.74, 6) is 2.10. The molecule has 18 heavy (non-hydrogen) atoms. The van der Waals surface area contributed by atoms with Gasteiger partial charge in [0.2, 0.25) is 5.91 Å². The molecule has 1 aromatic carbocycles. The fourth-order valence-electron chi connectivity index (χ4n) is 3.08. The molecule has 0 bridgehead atoms. The van der Waals surface area contributed by atoms with Crippen LogP contribution in [-0.2, 0) is 4.79 Å². The predicted molar refractivity (Wildman–Crippen MR) is 68.9 cm³/mol. The van der Waals surface area contributed by atoms with Crippen molar-refractivity contribution < 1.29 is 4.79 Å². The molecule has 1 amide bonds. The van der Waals surface area contributed by atoms with Crippen molar-refractivity contribution in [1.82, 2.24) is 0 Å². The van der Waals surface area contributed by atoms with E-state index in [2.05, 4.69) is 6.07 Å². The van der Waals surface area contributed by atoms with Gasteiger partial charge in [-0.15, -0.1) is 0 Å². The Labute approximate surface area is 107 Å². The summed E-state index contributed by atoms with van der Waals surface area (Å²) in [5.41, 5.74) is 1.50. The monoisotopic (exact) mass is 240 g/mol. The summed E-state index contributed by atoms with van der Waals surface area (Å²) in [6.45, 7) is 0. The number of amides is 1. The predicted octanol–water partition coefficient (Wildman–Crippen LogP) is 2.57. The van der Waals surface area contributed by atoms with Crippen LogP contribution in [0.2, 0.25) is 0 Å². The maximum Gasteiger partial charge on any atom is 0.229 e. The third kappa shape index (κ3) is 1.88. The third-order valence-corrected chi connectivity index (χ3v) is 4.31. The number of hydrogen-bond donors (Lipinski definition) is 0. The van der Waals surface area contributed by atoms with Gasteiger partial charge in [0.15, 0.2) is 0 Å². The largest absolute Gasteiger partial charge is 0.315 e. The minimum absolute atomic E-state index is 0.217. The van der Waals surface area contributed by atoms with Gasteiger partial charge < -0.3 is 4.90 Å². The average Bonchev–Trinajstić information content (AvgIpc) is 3.03. The van der Waals surface area contributed by atoms with Gasteiger partial charge in [0, 0.05) is 18.7 Å². The van der Waals surface area contributed by atoms with Crippen molar-refractivity contribution in [2.24, 2.45) is 17.8 Å². The van der Waals surface area contributed by atoms with Crippen molar-refractivity contribution in [3.05, 3.63) is 29.8 Å². The molecule has 2 aliphatic carbocycles. The van der Waals surface area contributed by atoms with Gasteiger partial charge in [-0.3, -0.25) is 4.79 Å². The first-order valence-electron chi connectivity index (χ1n) is 6.47. The highest BCUT2D eigenvalue weighted by molar-refractivity contribution is 5.94. The molecule has 2 fully saturated rings. The lowest BCUT2D eigenvalue weighted by Crippen LogP contribution is -2.32. The second kappa shape index (κ2) is 4.13. The summed E-state index contributed by atoms with van der Waals surface area (Å²) in [4.78, 5) is 14.1. The number of nitrogens with zero attached hydrogens (tertiary/aromatic N) is 2. The lowest BCUT2D eigenvalue weighted by molar-refractivity contribution is -0.122. The van der Waals surface area contributed by atoms with Crippen molar-refractivity contribution >= 4 is 11.6 Å². The highest BCUT2D eigenvalue weighted by Crippen LogP contribution is 2.54. The van der Waals surface area contributed by atoms with Gasteiger partial charge in [-0.2, -0.15) is 5.26 Å². The number of anilines is 1. The quantitative estimate of drug-likeness (QED) is 0.797. The molecule has 1 aromatic rings. The number of rotatable bonds is 2. The van der Waals surface area contributed by atoms with E-state index >= 15 is 0 Å². The van der Waals surface area contributed by atoms with Gasteiger partial charge in [-0.25, -0.2) is 0 Å². The van der Waals surface area contributed by atoms with E-state index < -0.39 is 0 Å². The van der Waals surface area contributed by atoms with E-state index in [0.29, 0.717) is 5.56 Å². The topological polar surface area (TPSA) is 44.1 Å². The molecule has 3 rings (SSSR count). The molecule has 2 atom stereocenters. The molecule has 2 unspecified atom stereocenters. The second-order valence-corrected chi connectivity index (χ2v) is 5.48. The van der Waals surface area contributed by atoms with Crippen molar-refractivity contribution in [2.45, 2.75) is 19.3 Å². The van der Waals surface area contributed by atoms with Crippen LogP contribution < -0.4 is 4.90 Å². The van der Waals surface area contributed by atoms with Crippen molar-refractivity contribution in [2.75, 3.05) is 11.9 Å². The minimum Gasteiger partial charge on any atom is -0.315 e. The summed E-state index contributed by atoms with van der Waals surface area (Å²) < 4.78 is 0. The lowest BCUT2D eigenvalue weighted by atomic mass is 10.0. The van der Waals surface area contributed by atoms with E-state index in [1.807, 2.05) is 19.2 Å². The smallest absolute Gasteiger partial charge is 0.229 e. The Hall–Kier alpha value is -1.82. The first-order valence-corrected chi connectivity index (χ1v) is 6.47. The van der Waals surface area contributed by atoms with Crippen LogP contribution in [0.25, 0.3) is 0 Å². The highest BCUT2D eigenvalue weighted by Gasteiger charge is 2.48. The lowest BCUT2D eigenvalue weighted by Gasteiger charge is -2.22. The molecule has 0 radical (unpaired) electrons. The zero-order valence-electron chi connectivity index (χ0n) is 10.5. The molecule has 3 heteroatoms. The van der Waals surface area contributed by atoms with Crippen LogP contribution in [0.15, 0.2) is 24.3 Å². The summed E-state index contributed by atoms with van der Waals surface area (Å²) >= 11 is 0. The Morgan fingerprint density at radius 1 is 1.22 bits per heavy atom. The van der Waals surface area contributed by atoms with Crippen molar-refractivity contribution in [1.29, 1.82) is 5.26 Å². The van der Waals surface area contributed by atoms with Gasteiger partial charge in [0.05, 0.1) is 11.6 Å². The summed E-state index contributed by atoms with van der Waals surface area (Å²) in [7, 11) is 1.83. The van der Waals surface area contributed by atoms with Crippen molar-refractivity contribution in [3.8, 4) is 6.07 Å². The summed E-state index contributed by atoms with van der Waals surface area (Å²) in [5, 5.41) is 8.75. The maximum atomic E-state index is 12.3. The van der Waals surface area contributed by atoms with E-state index in [0.717, 1.165) is 30.4 Å². The van der Waals surface area contributed by atoms with Crippen molar-refractivity contribution in [3.63, 3.8) is 0 Å². The normalized spacial score (nSPS) is 28.3. The van der Waals surface area contributed by atoms with Gasteiger partial charge in [-0.05, 0) is 55.4 Å². The standard InChI is InChI=1S/C15H16N2O/c1-17(14-4-2-10(9-16)3-5-14)15(18)13-7-11-6-12(11)8-13/h2-5,11-13H,6-8H2,1H3. The fourth-order valence-corrected chi connectivity index (χ4v) is 3.08. The molecular formula is C15H16N2O. The first-order chi connectivity index (χ1) is 8.69. The Balaban J connectivity index is 1.71. The Morgan fingerprint density at radius 3 is 2.39 bits per heavy atom. The summed E-state index contributed by atoms with van der Waals surface area (Å²) in [6.07, 6.45) is 3.48. The number of carbonyl (C=O) groups excluding carboxylic acids is 1. The Morgan fingerprint density at radius 2 is 1.83 bits per heavy atom. The maximum absolute atomic E-state index is 12.3. The molecule has 92 valence electrons. The van der Waals surface area contributed by atoms with Gasteiger partial charge >= 0.3 is 0 Å². The van der Waals surface area contributed by atoms with Gasteiger partial charge in [0.1, 0.15) is 0 Å². The summed E-state index contributed by atoms with van der Waals surface area (Å²) in [6, 6.07) is 9.27. The number of fused-ring (bicyclic) bond motifs is 1. The Kier molecular flexibility index (Phi) is 2.59. The zero-order valence-corrected chi connectivity index (χ0v) is 10.5. The van der Waals surface area contributed by atoms with Crippen LogP contribution >= 0.6 is 0 Å². The van der Waals surface area contributed by atoms with Gasteiger partial charge in [0.25, 0.3) is 0 Å².